The molecule has 0 spiro atoms. The Bertz CT molecular complexity index is 391. The number of ether oxygens (including phenoxy) is 2. The Morgan fingerprint density at radius 3 is 2.40 bits per heavy atom. The van der Waals surface area contributed by atoms with Gasteiger partial charge in [-0.15, -0.1) is 0 Å². The molecule has 0 saturated heterocycles. The van der Waals surface area contributed by atoms with Gasteiger partial charge in [0.2, 0.25) is 0 Å². The molecule has 0 bridgehead atoms. The highest BCUT2D eigenvalue weighted by molar-refractivity contribution is 5.79. The average Bonchev–Trinajstić information content (AvgIpc) is 2.49. The largest absolute Gasteiger partial charge is 0.497 e. The van der Waals surface area contributed by atoms with E-state index in [2.05, 4.69) is 29.5 Å². The molecule has 0 unspecified atom stereocenters. The van der Waals surface area contributed by atoms with E-state index in [1.165, 1.54) is 0 Å². The molecule has 0 aromatic heterocycles. The first-order chi connectivity index (χ1) is 9.80. The molecular weight excluding hydrogens is 254 g/mol. The van der Waals surface area contributed by atoms with E-state index in [0.717, 1.165) is 37.0 Å². The Labute approximate surface area is 121 Å². The van der Waals surface area contributed by atoms with E-state index >= 15 is 0 Å². The van der Waals surface area contributed by atoms with E-state index in [4.69, 9.17) is 9.47 Å². The predicted octanol–water partition coefficient (Wildman–Crippen LogP) is 2.04. The third kappa shape index (κ3) is 6.31. The van der Waals surface area contributed by atoms with Gasteiger partial charge in [-0.2, -0.15) is 0 Å². The molecule has 0 atom stereocenters. The van der Waals surface area contributed by atoms with Gasteiger partial charge in [0.15, 0.2) is 5.96 Å². The summed E-state index contributed by atoms with van der Waals surface area (Å²) in [4.78, 5) is 4.42. The Morgan fingerprint density at radius 2 is 1.80 bits per heavy atom. The first-order valence-corrected chi connectivity index (χ1v) is 7.09. The normalized spacial score (nSPS) is 11.1. The van der Waals surface area contributed by atoms with Crippen LogP contribution in [0.3, 0.4) is 0 Å². The first kappa shape index (κ1) is 16.1. The number of nitrogens with zero attached hydrogens (tertiary/aromatic N) is 1. The monoisotopic (exact) mass is 279 g/mol. The van der Waals surface area contributed by atoms with Crippen LogP contribution >= 0.6 is 0 Å². The predicted molar refractivity (Wildman–Crippen MR) is 82.8 cm³/mol. The van der Waals surface area contributed by atoms with Gasteiger partial charge in [0, 0.05) is 13.1 Å². The van der Waals surface area contributed by atoms with E-state index in [-0.39, 0.29) is 0 Å². The summed E-state index contributed by atoms with van der Waals surface area (Å²) in [7, 11) is 1.65. The molecule has 2 N–H and O–H groups in total. The van der Waals surface area contributed by atoms with Crippen LogP contribution in [0.2, 0.25) is 0 Å². The third-order valence-electron chi connectivity index (χ3n) is 2.56. The first-order valence-electron chi connectivity index (χ1n) is 7.09. The number of nitrogens with one attached hydrogen (secondary N) is 2. The van der Waals surface area contributed by atoms with Crippen LogP contribution in [0.4, 0.5) is 0 Å². The van der Waals surface area contributed by atoms with Crippen molar-refractivity contribution in [3.8, 4) is 11.5 Å². The highest BCUT2D eigenvalue weighted by atomic mass is 16.5. The van der Waals surface area contributed by atoms with Crippen molar-refractivity contribution < 1.29 is 9.47 Å². The van der Waals surface area contributed by atoms with Crippen molar-refractivity contribution in [2.45, 2.75) is 20.3 Å². The van der Waals surface area contributed by atoms with Crippen molar-refractivity contribution in [2.24, 2.45) is 4.99 Å². The summed E-state index contributed by atoms with van der Waals surface area (Å²) in [5.74, 6) is 2.51. The molecule has 0 aliphatic rings. The summed E-state index contributed by atoms with van der Waals surface area (Å²) in [6, 6.07) is 7.56. The van der Waals surface area contributed by atoms with Gasteiger partial charge in [0.25, 0.3) is 0 Å². The maximum absolute atomic E-state index is 5.64. The number of rotatable bonds is 8. The van der Waals surface area contributed by atoms with Crippen LogP contribution in [0.15, 0.2) is 29.3 Å². The summed E-state index contributed by atoms with van der Waals surface area (Å²) >= 11 is 0. The number of hydrogen-bond donors (Lipinski definition) is 2. The lowest BCUT2D eigenvalue weighted by atomic mass is 10.3. The highest BCUT2D eigenvalue weighted by Crippen LogP contribution is 2.16. The number of hydrogen-bond acceptors (Lipinski definition) is 3. The van der Waals surface area contributed by atoms with Gasteiger partial charge in [0.05, 0.1) is 13.7 Å². The summed E-state index contributed by atoms with van der Waals surface area (Å²) in [6.07, 6.45) is 1.04. The number of benzene rings is 1. The summed E-state index contributed by atoms with van der Waals surface area (Å²) in [5, 5.41) is 6.44. The van der Waals surface area contributed by atoms with Gasteiger partial charge in [-0.25, -0.2) is 0 Å². The molecule has 1 aromatic rings. The standard InChI is InChI=1S/C15H25N3O2/c1-4-10-17-15(16-5-2)18-11-12-20-14-8-6-13(19-3)7-9-14/h6-9H,4-5,10-12H2,1-3H3,(H2,16,17,18). The molecular formula is C15H25N3O2. The van der Waals surface area contributed by atoms with Crippen LogP contribution < -0.4 is 20.1 Å². The van der Waals surface area contributed by atoms with Gasteiger partial charge in [0.1, 0.15) is 18.1 Å². The van der Waals surface area contributed by atoms with Crippen LogP contribution in [0, 0.1) is 0 Å². The summed E-state index contributed by atoms with van der Waals surface area (Å²) < 4.78 is 10.7. The average molecular weight is 279 g/mol. The minimum absolute atomic E-state index is 0.586. The van der Waals surface area contributed by atoms with Crippen LogP contribution in [-0.2, 0) is 0 Å². The van der Waals surface area contributed by atoms with E-state index < -0.39 is 0 Å². The smallest absolute Gasteiger partial charge is 0.191 e. The zero-order chi connectivity index (χ0) is 14.6. The molecule has 1 rings (SSSR count). The topological polar surface area (TPSA) is 54.9 Å². The second kappa shape index (κ2) is 9.95. The molecule has 112 valence electrons. The molecule has 0 heterocycles. The summed E-state index contributed by atoms with van der Waals surface area (Å²) in [5.41, 5.74) is 0. The van der Waals surface area contributed by atoms with Crippen molar-refractivity contribution in [1.82, 2.24) is 10.6 Å². The fourth-order valence-electron chi connectivity index (χ4n) is 1.58. The van der Waals surface area contributed by atoms with Crippen LogP contribution in [0.5, 0.6) is 11.5 Å². The van der Waals surface area contributed by atoms with E-state index in [1.807, 2.05) is 24.3 Å². The van der Waals surface area contributed by atoms with Gasteiger partial charge in [-0.1, -0.05) is 6.92 Å². The lowest BCUT2D eigenvalue weighted by Crippen LogP contribution is -2.39. The molecule has 20 heavy (non-hydrogen) atoms. The lowest BCUT2D eigenvalue weighted by Gasteiger charge is -2.12. The van der Waals surface area contributed by atoms with E-state index in [1.54, 1.807) is 7.11 Å². The Balaban J connectivity index is 2.28. The molecule has 0 saturated carbocycles. The Hall–Kier alpha value is -1.91. The van der Waals surface area contributed by atoms with Crippen LogP contribution in [0.25, 0.3) is 0 Å². The number of methoxy groups -OCH3 is 1. The van der Waals surface area contributed by atoms with Crippen LogP contribution in [0.1, 0.15) is 20.3 Å². The van der Waals surface area contributed by atoms with Gasteiger partial charge in [-0.3, -0.25) is 4.99 Å². The molecule has 5 heteroatoms. The maximum atomic E-state index is 5.64. The highest BCUT2D eigenvalue weighted by Gasteiger charge is 1.97. The Kier molecular flexibility index (Phi) is 8.03. The fourth-order valence-corrected chi connectivity index (χ4v) is 1.58. The zero-order valence-corrected chi connectivity index (χ0v) is 12.6. The SMILES string of the molecule is CCCN=C(NCC)NCCOc1ccc(OC)cc1. The van der Waals surface area contributed by atoms with Crippen molar-refractivity contribution in [3.63, 3.8) is 0 Å². The van der Waals surface area contributed by atoms with Crippen molar-refractivity contribution in [1.29, 1.82) is 0 Å². The third-order valence-corrected chi connectivity index (χ3v) is 2.56. The van der Waals surface area contributed by atoms with Gasteiger partial charge < -0.3 is 20.1 Å². The molecule has 1 aromatic carbocycles. The minimum atomic E-state index is 0.586. The molecule has 0 radical (unpaired) electrons. The zero-order valence-electron chi connectivity index (χ0n) is 12.6. The van der Waals surface area contributed by atoms with Crippen molar-refractivity contribution in [2.75, 3.05) is 33.4 Å². The fraction of sp³-hybridized carbons (Fsp3) is 0.533. The molecule has 0 amide bonds. The molecule has 0 fully saturated rings. The summed E-state index contributed by atoms with van der Waals surface area (Å²) in [6.45, 7) is 7.14. The molecule has 0 aliphatic carbocycles. The van der Waals surface area contributed by atoms with Crippen molar-refractivity contribution >= 4 is 5.96 Å². The minimum Gasteiger partial charge on any atom is -0.497 e. The molecule has 0 aliphatic heterocycles. The van der Waals surface area contributed by atoms with Crippen LogP contribution in [-0.4, -0.2) is 39.3 Å². The van der Waals surface area contributed by atoms with E-state index in [9.17, 15) is 0 Å². The number of aliphatic imine (C=N–C) groups is 1. The lowest BCUT2D eigenvalue weighted by molar-refractivity contribution is 0.321. The number of guanidine groups is 1. The quantitative estimate of drug-likeness (QED) is 0.434. The van der Waals surface area contributed by atoms with Gasteiger partial charge >= 0.3 is 0 Å². The second-order valence-electron chi connectivity index (χ2n) is 4.21. The molecule has 5 nitrogen and oxygen atoms in total. The van der Waals surface area contributed by atoms with Gasteiger partial charge in [-0.05, 0) is 37.6 Å². The second-order valence-corrected chi connectivity index (χ2v) is 4.21. The van der Waals surface area contributed by atoms with E-state index in [0.29, 0.717) is 13.2 Å². The van der Waals surface area contributed by atoms with Crippen molar-refractivity contribution in [3.05, 3.63) is 24.3 Å². The maximum Gasteiger partial charge on any atom is 0.191 e. The Morgan fingerprint density at radius 1 is 1.10 bits per heavy atom.